The molecule has 1 aliphatic rings. The van der Waals surface area contributed by atoms with Crippen molar-refractivity contribution in [1.29, 1.82) is 0 Å². The minimum Gasteiger partial charge on any atom is -0.460 e. The molecule has 0 aliphatic carbocycles. The summed E-state index contributed by atoms with van der Waals surface area (Å²) in [5.74, 6) is 1.09. The van der Waals surface area contributed by atoms with Crippen LogP contribution in [0.1, 0.15) is 43.5 Å². The second-order valence-electron chi connectivity index (χ2n) is 6.79. The Hall–Kier alpha value is -2.70. The molecule has 7 heteroatoms. The van der Waals surface area contributed by atoms with Gasteiger partial charge in [0.2, 0.25) is 0 Å². The topological polar surface area (TPSA) is 94.2 Å². The van der Waals surface area contributed by atoms with E-state index >= 15 is 0 Å². The number of aromatic nitrogens is 3. The first-order valence-corrected chi connectivity index (χ1v) is 8.97. The number of nitrogen functional groups attached to an aromatic ring is 1. The number of carbonyl (C=O) groups excluding carboxylic acids is 1. The molecular formula is C19H25N5O2. The molecule has 1 aliphatic heterocycles. The Bertz CT molecular complexity index is 791. The summed E-state index contributed by atoms with van der Waals surface area (Å²) in [6.07, 6.45) is 4.02. The first kappa shape index (κ1) is 18.1. The van der Waals surface area contributed by atoms with Crippen molar-refractivity contribution >= 4 is 17.4 Å². The van der Waals surface area contributed by atoms with E-state index in [4.69, 9.17) is 10.5 Å². The zero-order valence-corrected chi connectivity index (χ0v) is 15.5. The molecule has 0 saturated heterocycles. The minimum atomic E-state index is 0.0115. The van der Waals surface area contributed by atoms with Gasteiger partial charge in [-0.3, -0.25) is 9.78 Å². The van der Waals surface area contributed by atoms with Gasteiger partial charge in [0, 0.05) is 30.4 Å². The largest absolute Gasteiger partial charge is 0.460 e. The van der Waals surface area contributed by atoms with E-state index in [1.807, 2.05) is 37.1 Å². The molecule has 1 atom stereocenters. The van der Waals surface area contributed by atoms with Gasteiger partial charge in [-0.05, 0) is 31.9 Å². The van der Waals surface area contributed by atoms with Crippen LogP contribution in [0.4, 0.5) is 11.6 Å². The predicted molar refractivity (Wildman–Crippen MR) is 100 cm³/mol. The monoisotopic (exact) mass is 355 g/mol. The van der Waals surface area contributed by atoms with Gasteiger partial charge in [-0.15, -0.1) is 0 Å². The van der Waals surface area contributed by atoms with E-state index in [-0.39, 0.29) is 24.3 Å². The van der Waals surface area contributed by atoms with E-state index < -0.39 is 0 Å². The van der Waals surface area contributed by atoms with Crippen LogP contribution < -0.4 is 15.4 Å². The number of anilines is 2. The lowest BCUT2D eigenvalue weighted by Crippen LogP contribution is -2.37. The van der Waals surface area contributed by atoms with Crippen molar-refractivity contribution in [3.63, 3.8) is 0 Å². The fourth-order valence-electron chi connectivity index (χ4n) is 3.08. The van der Waals surface area contributed by atoms with Crippen molar-refractivity contribution in [3.8, 4) is 6.01 Å². The molecule has 138 valence electrons. The van der Waals surface area contributed by atoms with Crippen LogP contribution in [0, 0.1) is 6.92 Å². The van der Waals surface area contributed by atoms with Gasteiger partial charge in [0.1, 0.15) is 11.6 Å². The number of ether oxygens (including phenoxy) is 1. The number of rotatable bonds is 6. The predicted octanol–water partition coefficient (Wildman–Crippen LogP) is 2.46. The molecule has 0 aromatic carbocycles. The number of nitrogens with two attached hydrogens (primary N) is 1. The number of carbonyl (C=O) groups is 1. The van der Waals surface area contributed by atoms with Gasteiger partial charge in [-0.25, -0.2) is 0 Å². The maximum atomic E-state index is 12.2. The molecule has 26 heavy (non-hydrogen) atoms. The Morgan fingerprint density at radius 2 is 2.15 bits per heavy atom. The molecule has 2 aromatic heterocycles. The number of Topliss-reactive ketones (excluding diaryl/α,β-unsaturated/α-hetero) is 1. The van der Waals surface area contributed by atoms with Gasteiger partial charge in [0.25, 0.3) is 0 Å². The van der Waals surface area contributed by atoms with Gasteiger partial charge in [0.05, 0.1) is 12.6 Å². The van der Waals surface area contributed by atoms with Crippen LogP contribution in [0.3, 0.4) is 0 Å². The highest BCUT2D eigenvalue weighted by Crippen LogP contribution is 2.30. The molecule has 2 aromatic rings. The zero-order chi connectivity index (χ0) is 18.7. The smallest absolute Gasteiger partial charge is 0.320 e. The molecular weight excluding hydrogens is 330 g/mol. The minimum absolute atomic E-state index is 0.0115. The molecule has 3 heterocycles. The van der Waals surface area contributed by atoms with E-state index in [1.54, 1.807) is 0 Å². The third-order valence-corrected chi connectivity index (χ3v) is 4.39. The molecule has 0 amide bonds. The highest BCUT2D eigenvalue weighted by atomic mass is 16.5. The number of ketones is 1. The molecule has 3 rings (SSSR count). The third-order valence-electron chi connectivity index (χ3n) is 4.39. The quantitative estimate of drug-likeness (QED) is 0.850. The van der Waals surface area contributed by atoms with E-state index in [9.17, 15) is 4.79 Å². The normalized spacial score (nSPS) is 14.9. The maximum absolute atomic E-state index is 12.2. The summed E-state index contributed by atoms with van der Waals surface area (Å²) in [5, 5.41) is 0. The second kappa shape index (κ2) is 7.68. The van der Waals surface area contributed by atoms with Crippen molar-refractivity contribution in [2.75, 3.05) is 17.2 Å². The molecule has 2 N–H and O–H groups in total. The molecule has 0 unspecified atom stereocenters. The van der Waals surface area contributed by atoms with Gasteiger partial charge >= 0.3 is 6.01 Å². The second-order valence-corrected chi connectivity index (χ2v) is 6.79. The van der Waals surface area contributed by atoms with Crippen LogP contribution in [0.2, 0.25) is 0 Å². The van der Waals surface area contributed by atoms with Gasteiger partial charge in [-0.1, -0.05) is 19.4 Å². The summed E-state index contributed by atoms with van der Waals surface area (Å²) in [6, 6.07) is 4.23. The van der Waals surface area contributed by atoms with Crippen LogP contribution in [0.25, 0.3) is 0 Å². The summed E-state index contributed by atoms with van der Waals surface area (Å²) in [5.41, 5.74) is 8.75. The summed E-state index contributed by atoms with van der Waals surface area (Å²) >= 11 is 0. The van der Waals surface area contributed by atoms with Crippen molar-refractivity contribution in [3.05, 3.63) is 35.2 Å². The van der Waals surface area contributed by atoms with Crippen molar-refractivity contribution < 1.29 is 9.53 Å². The highest BCUT2D eigenvalue weighted by molar-refractivity contribution is 5.91. The Labute approximate surface area is 153 Å². The SMILES string of the molecule is CCC[C@H](C)Oc1nc(N)c2c(n1)N(Cc1ccc(C)nc1)CC(=O)C2. The van der Waals surface area contributed by atoms with Crippen molar-refractivity contribution in [2.24, 2.45) is 0 Å². The van der Waals surface area contributed by atoms with Gasteiger partial charge in [-0.2, -0.15) is 9.97 Å². The van der Waals surface area contributed by atoms with Crippen LogP contribution in [0.5, 0.6) is 6.01 Å². The standard InChI is InChI=1S/C19H25N5O2/c1-4-5-13(3)26-19-22-17(20)16-8-15(25)11-24(18(16)23-19)10-14-7-6-12(2)21-9-14/h6-7,9,13H,4-5,8,10-11H2,1-3H3,(H2,20,22,23)/t13-/m0/s1. The average Bonchev–Trinajstić information content (AvgIpc) is 2.58. The summed E-state index contributed by atoms with van der Waals surface area (Å²) in [4.78, 5) is 27.2. The van der Waals surface area contributed by atoms with Gasteiger partial charge < -0.3 is 15.4 Å². The Morgan fingerprint density at radius 1 is 1.35 bits per heavy atom. The molecule has 0 fully saturated rings. The highest BCUT2D eigenvalue weighted by Gasteiger charge is 2.28. The molecule has 0 saturated carbocycles. The third kappa shape index (κ3) is 4.09. The van der Waals surface area contributed by atoms with E-state index in [2.05, 4.69) is 21.9 Å². The number of pyridine rings is 1. The summed E-state index contributed by atoms with van der Waals surface area (Å²) < 4.78 is 5.82. The summed E-state index contributed by atoms with van der Waals surface area (Å²) in [7, 11) is 0. The maximum Gasteiger partial charge on any atom is 0.320 e. The van der Waals surface area contributed by atoms with Crippen LogP contribution in [0.15, 0.2) is 18.3 Å². The fraction of sp³-hybridized carbons (Fsp3) is 0.474. The lowest BCUT2D eigenvalue weighted by molar-refractivity contribution is -0.117. The first-order valence-electron chi connectivity index (χ1n) is 8.97. The molecule has 0 spiro atoms. The van der Waals surface area contributed by atoms with Crippen molar-refractivity contribution in [2.45, 2.75) is 52.7 Å². The summed E-state index contributed by atoms with van der Waals surface area (Å²) in [6.45, 7) is 6.86. The number of aryl methyl sites for hydroxylation is 1. The molecule has 7 nitrogen and oxygen atoms in total. The van der Waals surface area contributed by atoms with Crippen LogP contribution in [-0.2, 0) is 17.8 Å². The Balaban J connectivity index is 1.90. The van der Waals surface area contributed by atoms with Gasteiger partial charge in [0.15, 0.2) is 5.78 Å². The Morgan fingerprint density at radius 3 is 2.85 bits per heavy atom. The Kier molecular flexibility index (Phi) is 5.35. The lowest BCUT2D eigenvalue weighted by atomic mass is 10.0. The van der Waals surface area contributed by atoms with E-state index in [0.29, 0.717) is 30.3 Å². The molecule has 0 radical (unpaired) electrons. The number of hydrogen-bond donors (Lipinski definition) is 1. The van der Waals surface area contributed by atoms with E-state index in [1.165, 1.54) is 0 Å². The van der Waals surface area contributed by atoms with Crippen LogP contribution >= 0.6 is 0 Å². The lowest BCUT2D eigenvalue weighted by Gasteiger charge is -2.30. The van der Waals surface area contributed by atoms with Crippen molar-refractivity contribution in [1.82, 2.24) is 15.0 Å². The average molecular weight is 355 g/mol. The number of fused-ring (bicyclic) bond motifs is 1. The number of nitrogens with zero attached hydrogens (tertiary/aromatic N) is 4. The zero-order valence-electron chi connectivity index (χ0n) is 15.5. The van der Waals surface area contributed by atoms with E-state index in [0.717, 1.165) is 24.1 Å². The number of hydrogen-bond acceptors (Lipinski definition) is 7. The first-order chi connectivity index (χ1) is 12.5. The fourth-order valence-corrected chi connectivity index (χ4v) is 3.08. The van der Waals surface area contributed by atoms with Crippen LogP contribution in [-0.4, -0.2) is 33.4 Å². The molecule has 0 bridgehead atoms.